The molecule has 98 valence electrons. The highest BCUT2D eigenvalue weighted by molar-refractivity contribution is 6.30. The Kier molecular flexibility index (Phi) is 3.02. The highest BCUT2D eigenvalue weighted by Crippen LogP contribution is 2.39. The van der Waals surface area contributed by atoms with Crippen molar-refractivity contribution < 1.29 is 0 Å². The van der Waals surface area contributed by atoms with Crippen LogP contribution in [0.15, 0.2) is 30.3 Å². The molecule has 0 aliphatic carbocycles. The third-order valence-corrected chi connectivity index (χ3v) is 4.15. The van der Waals surface area contributed by atoms with Crippen molar-refractivity contribution >= 4 is 17.3 Å². The van der Waals surface area contributed by atoms with Gasteiger partial charge in [0.2, 0.25) is 0 Å². The van der Waals surface area contributed by atoms with E-state index in [0.29, 0.717) is 6.04 Å². The topological polar surface area (TPSA) is 12.0 Å². The van der Waals surface area contributed by atoms with Crippen LogP contribution in [0.5, 0.6) is 0 Å². The maximum Gasteiger partial charge on any atom is 0.0557 e. The second kappa shape index (κ2) is 4.57. The fourth-order valence-electron chi connectivity index (χ4n) is 2.95. The van der Waals surface area contributed by atoms with Crippen LogP contribution in [0.4, 0.5) is 5.69 Å². The van der Waals surface area contributed by atoms with Crippen LogP contribution in [-0.4, -0.2) is 0 Å². The summed E-state index contributed by atoms with van der Waals surface area (Å²) in [6, 6.07) is 11.1. The molecule has 2 aromatic rings. The summed E-state index contributed by atoms with van der Waals surface area (Å²) in [6.07, 6.45) is 1.01. The zero-order valence-corrected chi connectivity index (χ0v) is 12.3. The lowest BCUT2D eigenvalue weighted by molar-refractivity contribution is 0.814. The van der Waals surface area contributed by atoms with Gasteiger partial charge in [0.1, 0.15) is 0 Å². The predicted octanol–water partition coefficient (Wildman–Crippen LogP) is 4.97. The fourth-order valence-corrected chi connectivity index (χ4v) is 3.24. The molecule has 0 bridgehead atoms. The number of halogens is 1. The summed E-state index contributed by atoms with van der Waals surface area (Å²) in [5.74, 6) is 0. The molecular formula is C17H18ClN. The van der Waals surface area contributed by atoms with E-state index in [1.807, 2.05) is 6.07 Å². The first-order chi connectivity index (χ1) is 9.04. The predicted molar refractivity (Wildman–Crippen MR) is 82.2 cm³/mol. The van der Waals surface area contributed by atoms with Gasteiger partial charge in [-0.1, -0.05) is 35.4 Å². The van der Waals surface area contributed by atoms with Gasteiger partial charge < -0.3 is 5.32 Å². The van der Waals surface area contributed by atoms with Crippen LogP contribution < -0.4 is 5.32 Å². The lowest BCUT2D eigenvalue weighted by Gasteiger charge is -2.16. The molecule has 0 spiro atoms. The van der Waals surface area contributed by atoms with Crippen molar-refractivity contribution in [2.24, 2.45) is 0 Å². The van der Waals surface area contributed by atoms with Crippen molar-refractivity contribution in [1.82, 2.24) is 0 Å². The number of nitrogens with one attached hydrogen (secondary N) is 1. The minimum Gasteiger partial charge on any atom is -0.377 e. The van der Waals surface area contributed by atoms with E-state index < -0.39 is 0 Å². The number of hydrogen-bond donors (Lipinski definition) is 1. The third kappa shape index (κ3) is 2.23. The number of benzene rings is 2. The van der Waals surface area contributed by atoms with E-state index in [9.17, 15) is 0 Å². The lowest BCUT2D eigenvalue weighted by atomic mass is 9.96. The Labute approximate surface area is 119 Å². The fraction of sp³-hybridized carbons (Fsp3) is 0.294. The zero-order chi connectivity index (χ0) is 13.6. The Balaban J connectivity index is 2.00. The van der Waals surface area contributed by atoms with Crippen molar-refractivity contribution in [2.75, 3.05) is 5.32 Å². The smallest absolute Gasteiger partial charge is 0.0557 e. The molecule has 1 aliphatic rings. The quantitative estimate of drug-likeness (QED) is 0.772. The van der Waals surface area contributed by atoms with Crippen molar-refractivity contribution in [2.45, 2.75) is 33.2 Å². The van der Waals surface area contributed by atoms with E-state index in [0.717, 1.165) is 11.4 Å². The average molecular weight is 272 g/mol. The van der Waals surface area contributed by atoms with Gasteiger partial charge in [-0.25, -0.2) is 0 Å². The second-order valence-electron chi connectivity index (χ2n) is 5.52. The molecule has 1 aliphatic heterocycles. The molecule has 1 heterocycles. The van der Waals surface area contributed by atoms with Gasteiger partial charge in [-0.15, -0.1) is 0 Å². The van der Waals surface area contributed by atoms with Crippen molar-refractivity contribution in [1.29, 1.82) is 0 Å². The summed E-state index contributed by atoms with van der Waals surface area (Å²) >= 11 is 6.15. The van der Waals surface area contributed by atoms with Gasteiger partial charge in [-0.3, -0.25) is 0 Å². The lowest BCUT2D eigenvalue weighted by Crippen LogP contribution is -2.08. The summed E-state index contributed by atoms with van der Waals surface area (Å²) in [6.45, 7) is 6.44. The maximum absolute atomic E-state index is 6.15. The van der Waals surface area contributed by atoms with E-state index in [2.05, 4.69) is 50.4 Å². The number of hydrogen-bond acceptors (Lipinski definition) is 1. The van der Waals surface area contributed by atoms with E-state index in [1.54, 1.807) is 0 Å². The molecule has 0 aromatic heterocycles. The Bertz CT molecular complexity index is 646. The van der Waals surface area contributed by atoms with Crippen LogP contribution in [0.1, 0.15) is 33.9 Å². The number of rotatable bonds is 1. The summed E-state index contributed by atoms with van der Waals surface area (Å²) in [4.78, 5) is 0. The van der Waals surface area contributed by atoms with Gasteiger partial charge in [0.25, 0.3) is 0 Å². The first kappa shape index (κ1) is 12.6. The molecule has 1 N–H and O–H groups in total. The molecule has 2 aromatic carbocycles. The Morgan fingerprint density at radius 3 is 2.63 bits per heavy atom. The van der Waals surface area contributed by atoms with Crippen LogP contribution in [0.2, 0.25) is 5.02 Å². The molecule has 1 nitrogen and oxygen atoms in total. The molecule has 0 saturated heterocycles. The van der Waals surface area contributed by atoms with Crippen molar-refractivity contribution in [3.8, 4) is 0 Å². The van der Waals surface area contributed by atoms with Gasteiger partial charge in [0.15, 0.2) is 0 Å². The minimum atomic E-state index is 0.368. The molecule has 1 atom stereocenters. The van der Waals surface area contributed by atoms with Crippen molar-refractivity contribution in [3.63, 3.8) is 0 Å². The molecule has 2 heteroatoms. The van der Waals surface area contributed by atoms with Crippen LogP contribution in [0, 0.1) is 20.8 Å². The van der Waals surface area contributed by atoms with E-state index in [4.69, 9.17) is 11.6 Å². The highest BCUT2D eigenvalue weighted by Gasteiger charge is 2.24. The Hall–Kier alpha value is -1.47. The van der Waals surface area contributed by atoms with Gasteiger partial charge in [0.05, 0.1) is 6.04 Å². The van der Waals surface area contributed by atoms with E-state index in [-0.39, 0.29) is 0 Å². The van der Waals surface area contributed by atoms with Gasteiger partial charge in [-0.05, 0) is 61.6 Å². The highest BCUT2D eigenvalue weighted by atomic mass is 35.5. The number of aryl methyl sites for hydroxylation is 3. The molecule has 0 fully saturated rings. The van der Waals surface area contributed by atoms with Gasteiger partial charge >= 0.3 is 0 Å². The molecule has 1 unspecified atom stereocenters. The maximum atomic E-state index is 6.15. The molecule has 0 saturated carbocycles. The molecule has 19 heavy (non-hydrogen) atoms. The van der Waals surface area contributed by atoms with Crippen LogP contribution in [-0.2, 0) is 6.42 Å². The molecule has 0 amide bonds. The SMILES string of the molecule is Cc1ccc(C)c(C2Cc3cc(Cl)cc(C)c3N2)c1. The molecule has 3 rings (SSSR count). The number of anilines is 1. The standard InChI is InChI=1S/C17H18ClN/c1-10-4-5-11(2)15(6-10)16-9-13-8-14(18)7-12(3)17(13)19-16/h4-8,16,19H,9H2,1-3H3. The third-order valence-electron chi connectivity index (χ3n) is 3.93. The monoisotopic (exact) mass is 271 g/mol. The van der Waals surface area contributed by atoms with Gasteiger partial charge in [0, 0.05) is 10.7 Å². The van der Waals surface area contributed by atoms with Crippen LogP contribution >= 0.6 is 11.6 Å². The summed E-state index contributed by atoms with van der Waals surface area (Å²) in [7, 11) is 0. The van der Waals surface area contributed by atoms with Crippen LogP contribution in [0.3, 0.4) is 0 Å². The second-order valence-corrected chi connectivity index (χ2v) is 5.95. The Morgan fingerprint density at radius 2 is 1.84 bits per heavy atom. The molecular weight excluding hydrogens is 254 g/mol. The normalized spacial score (nSPS) is 17.2. The van der Waals surface area contributed by atoms with Crippen molar-refractivity contribution in [3.05, 3.63) is 63.2 Å². The van der Waals surface area contributed by atoms with Gasteiger partial charge in [-0.2, -0.15) is 0 Å². The summed E-state index contributed by atoms with van der Waals surface area (Å²) < 4.78 is 0. The largest absolute Gasteiger partial charge is 0.377 e. The zero-order valence-electron chi connectivity index (χ0n) is 11.5. The van der Waals surface area contributed by atoms with E-state index in [1.165, 1.54) is 33.5 Å². The number of fused-ring (bicyclic) bond motifs is 1. The summed E-state index contributed by atoms with van der Waals surface area (Å²) in [5, 5.41) is 4.49. The Morgan fingerprint density at radius 1 is 1.05 bits per heavy atom. The molecule has 0 radical (unpaired) electrons. The average Bonchev–Trinajstić information content (AvgIpc) is 2.76. The summed E-state index contributed by atoms with van der Waals surface area (Å²) in [5.41, 5.74) is 7.88. The first-order valence-electron chi connectivity index (χ1n) is 6.67. The minimum absolute atomic E-state index is 0.368. The first-order valence-corrected chi connectivity index (χ1v) is 7.05. The van der Waals surface area contributed by atoms with E-state index >= 15 is 0 Å². The van der Waals surface area contributed by atoms with Crippen LogP contribution in [0.25, 0.3) is 0 Å².